The standard InChI is InChI=1S/C19H24N4O2/c1-3-25-13-17-11-21-14(2)22-18(17)16-7-5-9-23(12-16)19(24)15-6-4-8-20-10-15/h4,6,8,10-11,16H,3,5,7,9,12-13H2,1-2H3. The summed E-state index contributed by atoms with van der Waals surface area (Å²) in [6, 6.07) is 3.61. The number of aromatic nitrogens is 3. The van der Waals surface area contributed by atoms with E-state index in [0.29, 0.717) is 25.3 Å². The molecule has 1 saturated heterocycles. The van der Waals surface area contributed by atoms with Crippen molar-refractivity contribution in [2.75, 3.05) is 19.7 Å². The lowest BCUT2D eigenvalue weighted by atomic mass is 9.91. The van der Waals surface area contributed by atoms with Crippen molar-refractivity contribution in [3.63, 3.8) is 0 Å². The van der Waals surface area contributed by atoms with Crippen LogP contribution < -0.4 is 0 Å². The Morgan fingerprint density at radius 2 is 2.28 bits per heavy atom. The summed E-state index contributed by atoms with van der Waals surface area (Å²) in [4.78, 5) is 27.7. The molecular formula is C19H24N4O2. The fourth-order valence-electron chi connectivity index (χ4n) is 3.25. The highest BCUT2D eigenvalue weighted by Crippen LogP contribution is 2.29. The smallest absolute Gasteiger partial charge is 0.255 e. The van der Waals surface area contributed by atoms with Crippen LogP contribution in [-0.4, -0.2) is 45.5 Å². The molecule has 6 nitrogen and oxygen atoms in total. The van der Waals surface area contributed by atoms with Crippen molar-refractivity contribution in [3.05, 3.63) is 53.4 Å². The molecule has 3 rings (SSSR count). The summed E-state index contributed by atoms with van der Waals surface area (Å²) in [5, 5.41) is 0. The molecule has 1 amide bonds. The fourth-order valence-corrected chi connectivity index (χ4v) is 3.25. The molecule has 2 aromatic rings. The average molecular weight is 340 g/mol. The molecular weight excluding hydrogens is 316 g/mol. The van der Waals surface area contributed by atoms with E-state index in [-0.39, 0.29) is 11.8 Å². The second-order valence-corrected chi connectivity index (χ2v) is 6.30. The zero-order valence-electron chi connectivity index (χ0n) is 14.8. The number of piperidine rings is 1. The highest BCUT2D eigenvalue weighted by molar-refractivity contribution is 5.94. The quantitative estimate of drug-likeness (QED) is 0.837. The van der Waals surface area contributed by atoms with Crippen molar-refractivity contribution >= 4 is 5.91 Å². The number of rotatable bonds is 5. The molecule has 0 aromatic carbocycles. The predicted octanol–water partition coefficient (Wildman–Crippen LogP) is 2.74. The first-order valence-electron chi connectivity index (χ1n) is 8.78. The molecule has 1 aliphatic rings. The first-order chi connectivity index (χ1) is 12.2. The SMILES string of the molecule is CCOCc1cnc(C)nc1C1CCCN(C(=O)c2cccnc2)C1. The van der Waals surface area contributed by atoms with E-state index in [1.807, 2.05) is 31.0 Å². The van der Waals surface area contributed by atoms with Gasteiger partial charge in [0.1, 0.15) is 5.82 Å². The van der Waals surface area contributed by atoms with Gasteiger partial charge in [-0.05, 0) is 38.8 Å². The van der Waals surface area contributed by atoms with Gasteiger partial charge in [0.15, 0.2) is 0 Å². The lowest BCUT2D eigenvalue weighted by Gasteiger charge is -2.33. The van der Waals surface area contributed by atoms with Crippen molar-refractivity contribution in [2.24, 2.45) is 0 Å². The van der Waals surface area contributed by atoms with Gasteiger partial charge in [-0.25, -0.2) is 9.97 Å². The molecule has 1 fully saturated rings. The Morgan fingerprint density at radius 1 is 1.40 bits per heavy atom. The van der Waals surface area contributed by atoms with Crippen molar-refractivity contribution in [3.8, 4) is 0 Å². The van der Waals surface area contributed by atoms with Crippen molar-refractivity contribution < 1.29 is 9.53 Å². The minimum absolute atomic E-state index is 0.0370. The zero-order valence-corrected chi connectivity index (χ0v) is 14.8. The topological polar surface area (TPSA) is 68.2 Å². The Kier molecular flexibility index (Phi) is 5.71. The Bertz CT molecular complexity index is 721. The van der Waals surface area contributed by atoms with E-state index < -0.39 is 0 Å². The number of hydrogen-bond donors (Lipinski definition) is 0. The largest absolute Gasteiger partial charge is 0.377 e. The normalized spacial score (nSPS) is 17.5. The van der Waals surface area contributed by atoms with Crippen molar-refractivity contribution in [1.29, 1.82) is 0 Å². The van der Waals surface area contributed by atoms with E-state index in [0.717, 1.165) is 36.5 Å². The monoisotopic (exact) mass is 340 g/mol. The van der Waals surface area contributed by atoms with Crippen LogP contribution in [0.2, 0.25) is 0 Å². The van der Waals surface area contributed by atoms with Gasteiger partial charge in [-0.2, -0.15) is 0 Å². The number of likely N-dealkylation sites (tertiary alicyclic amines) is 1. The third kappa shape index (κ3) is 4.20. The molecule has 1 aliphatic heterocycles. The number of hydrogen-bond acceptors (Lipinski definition) is 5. The van der Waals surface area contributed by atoms with Gasteiger partial charge in [-0.3, -0.25) is 9.78 Å². The van der Waals surface area contributed by atoms with E-state index in [2.05, 4.69) is 15.0 Å². The number of carbonyl (C=O) groups excluding carboxylic acids is 1. The van der Waals surface area contributed by atoms with E-state index in [9.17, 15) is 4.79 Å². The van der Waals surface area contributed by atoms with Gasteiger partial charge in [0.2, 0.25) is 0 Å². The Balaban J connectivity index is 1.79. The molecule has 6 heteroatoms. The summed E-state index contributed by atoms with van der Waals surface area (Å²) in [5.74, 6) is 1.01. The van der Waals surface area contributed by atoms with E-state index >= 15 is 0 Å². The Hall–Kier alpha value is -2.34. The third-order valence-corrected chi connectivity index (χ3v) is 4.48. The lowest BCUT2D eigenvalue weighted by Crippen LogP contribution is -2.39. The maximum Gasteiger partial charge on any atom is 0.255 e. The van der Waals surface area contributed by atoms with Crippen molar-refractivity contribution in [1.82, 2.24) is 19.9 Å². The Labute approximate surface area is 148 Å². The summed E-state index contributed by atoms with van der Waals surface area (Å²) in [6.45, 7) is 6.49. The van der Waals surface area contributed by atoms with Crippen LogP contribution >= 0.6 is 0 Å². The van der Waals surface area contributed by atoms with E-state index in [1.165, 1.54) is 0 Å². The Morgan fingerprint density at radius 3 is 3.04 bits per heavy atom. The molecule has 0 aliphatic carbocycles. The van der Waals surface area contributed by atoms with Gasteiger partial charge in [-0.1, -0.05) is 0 Å². The van der Waals surface area contributed by atoms with Crippen LogP contribution in [0.15, 0.2) is 30.7 Å². The van der Waals surface area contributed by atoms with Crippen LogP contribution in [0.5, 0.6) is 0 Å². The molecule has 0 radical (unpaired) electrons. The first-order valence-corrected chi connectivity index (χ1v) is 8.78. The van der Waals surface area contributed by atoms with Gasteiger partial charge in [0.25, 0.3) is 5.91 Å². The van der Waals surface area contributed by atoms with Crippen LogP contribution in [0.25, 0.3) is 0 Å². The molecule has 25 heavy (non-hydrogen) atoms. The molecule has 0 saturated carbocycles. The number of aryl methyl sites for hydroxylation is 1. The molecule has 3 heterocycles. The van der Waals surface area contributed by atoms with Gasteiger partial charge in [0.05, 0.1) is 17.9 Å². The van der Waals surface area contributed by atoms with Crippen LogP contribution in [0.3, 0.4) is 0 Å². The van der Waals surface area contributed by atoms with Gasteiger partial charge >= 0.3 is 0 Å². The summed E-state index contributed by atoms with van der Waals surface area (Å²) in [7, 11) is 0. The maximum atomic E-state index is 12.7. The lowest BCUT2D eigenvalue weighted by molar-refractivity contribution is 0.0703. The number of nitrogens with zero attached hydrogens (tertiary/aromatic N) is 4. The average Bonchev–Trinajstić information content (AvgIpc) is 2.67. The fraction of sp³-hybridized carbons (Fsp3) is 0.474. The maximum absolute atomic E-state index is 12.7. The number of ether oxygens (including phenoxy) is 1. The number of amides is 1. The van der Waals surface area contributed by atoms with Gasteiger partial charge in [0, 0.05) is 49.8 Å². The van der Waals surface area contributed by atoms with Crippen LogP contribution in [0.1, 0.15) is 53.1 Å². The molecule has 1 unspecified atom stereocenters. The van der Waals surface area contributed by atoms with Crippen LogP contribution in [-0.2, 0) is 11.3 Å². The molecule has 1 atom stereocenters. The predicted molar refractivity (Wildman–Crippen MR) is 94.2 cm³/mol. The number of carbonyl (C=O) groups is 1. The summed E-state index contributed by atoms with van der Waals surface area (Å²) in [5.41, 5.74) is 2.68. The minimum Gasteiger partial charge on any atom is -0.377 e. The minimum atomic E-state index is 0.0370. The summed E-state index contributed by atoms with van der Waals surface area (Å²) in [6.07, 6.45) is 7.15. The molecule has 2 aromatic heterocycles. The second-order valence-electron chi connectivity index (χ2n) is 6.30. The molecule has 0 spiro atoms. The van der Waals surface area contributed by atoms with Crippen LogP contribution in [0.4, 0.5) is 0 Å². The van der Waals surface area contributed by atoms with E-state index in [4.69, 9.17) is 4.74 Å². The van der Waals surface area contributed by atoms with E-state index in [1.54, 1.807) is 18.5 Å². The van der Waals surface area contributed by atoms with Crippen LogP contribution in [0, 0.1) is 6.92 Å². The molecule has 0 N–H and O–H groups in total. The zero-order chi connectivity index (χ0) is 17.6. The third-order valence-electron chi connectivity index (χ3n) is 4.48. The van der Waals surface area contributed by atoms with Gasteiger partial charge < -0.3 is 9.64 Å². The highest BCUT2D eigenvalue weighted by atomic mass is 16.5. The molecule has 132 valence electrons. The molecule has 0 bridgehead atoms. The highest BCUT2D eigenvalue weighted by Gasteiger charge is 2.28. The second kappa shape index (κ2) is 8.16. The van der Waals surface area contributed by atoms with Crippen molar-refractivity contribution in [2.45, 2.75) is 39.2 Å². The van der Waals surface area contributed by atoms with Gasteiger partial charge in [-0.15, -0.1) is 0 Å². The first kappa shape index (κ1) is 17.5. The number of pyridine rings is 1. The summed E-state index contributed by atoms with van der Waals surface area (Å²) < 4.78 is 5.57. The summed E-state index contributed by atoms with van der Waals surface area (Å²) >= 11 is 0.